The first-order chi connectivity index (χ1) is 13.8. The van der Waals surface area contributed by atoms with Crippen molar-refractivity contribution in [3.63, 3.8) is 0 Å². The number of hydrogen-bond donors (Lipinski definition) is 2. The molecule has 0 saturated heterocycles. The number of nitrogens with one attached hydrogen (secondary N) is 2. The smallest absolute Gasteiger partial charge is 0.340 e. The number of methoxy groups -OCH3 is 1. The molecule has 0 aliphatic rings. The van der Waals surface area contributed by atoms with Gasteiger partial charge in [-0.25, -0.2) is 9.59 Å². The third-order valence-corrected chi connectivity index (χ3v) is 4.72. The SMILES string of the molecule is CCCCNc1ccccc1C(=O)O[C@H](C)C(=O)c1[nH]c(C)c(C(=O)OC)c1C. The molecule has 7 nitrogen and oxygen atoms in total. The van der Waals surface area contributed by atoms with Gasteiger partial charge in [-0.2, -0.15) is 0 Å². The summed E-state index contributed by atoms with van der Waals surface area (Å²) < 4.78 is 10.2. The number of carbonyl (C=O) groups is 3. The maximum absolute atomic E-state index is 12.8. The lowest BCUT2D eigenvalue weighted by Crippen LogP contribution is -2.26. The van der Waals surface area contributed by atoms with Crippen molar-refractivity contribution in [1.82, 2.24) is 4.98 Å². The van der Waals surface area contributed by atoms with Crippen LogP contribution < -0.4 is 5.32 Å². The van der Waals surface area contributed by atoms with Gasteiger partial charge in [-0.15, -0.1) is 0 Å². The number of carbonyl (C=O) groups excluding carboxylic acids is 3. The molecule has 29 heavy (non-hydrogen) atoms. The predicted octanol–water partition coefficient (Wildman–Crippen LogP) is 4.06. The van der Waals surface area contributed by atoms with Gasteiger partial charge in [0.15, 0.2) is 6.10 Å². The zero-order valence-electron chi connectivity index (χ0n) is 17.5. The standard InChI is InChI=1S/C22H28N2O5/c1-6-7-12-23-17-11-9-8-10-16(17)21(26)29-15(4)20(25)19-13(2)18(14(3)24-19)22(27)28-5/h8-11,15,23-24H,6-7,12H2,1-5H3/t15-/m1/s1. The molecule has 1 atom stereocenters. The van der Waals surface area contributed by atoms with Crippen LogP contribution in [0.5, 0.6) is 0 Å². The van der Waals surface area contributed by atoms with E-state index in [2.05, 4.69) is 17.2 Å². The molecule has 0 aliphatic carbocycles. The number of rotatable bonds is 9. The minimum Gasteiger partial charge on any atom is -0.465 e. The fourth-order valence-corrected chi connectivity index (χ4v) is 3.10. The van der Waals surface area contributed by atoms with E-state index in [4.69, 9.17) is 9.47 Å². The van der Waals surface area contributed by atoms with Gasteiger partial charge in [0.1, 0.15) is 0 Å². The van der Waals surface area contributed by atoms with E-state index >= 15 is 0 Å². The molecular formula is C22H28N2O5. The Morgan fingerprint density at radius 2 is 1.83 bits per heavy atom. The van der Waals surface area contributed by atoms with Gasteiger partial charge in [0.25, 0.3) is 0 Å². The highest BCUT2D eigenvalue weighted by molar-refractivity contribution is 6.05. The quantitative estimate of drug-likeness (QED) is 0.374. The maximum Gasteiger partial charge on any atom is 0.340 e. The summed E-state index contributed by atoms with van der Waals surface area (Å²) in [6, 6.07) is 7.04. The molecule has 156 valence electrons. The topological polar surface area (TPSA) is 97.5 Å². The zero-order chi connectivity index (χ0) is 21.6. The van der Waals surface area contributed by atoms with Crippen LogP contribution in [0.2, 0.25) is 0 Å². The van der Waals surface area contributed by atoms with E-state index in [9.17, 15) is 14.4 Å². The Balaban J connectivity index is 2.17. The van der Waals surface area contributed by atoms with Crippen LogP contribution >= 0.6 is 0 Å². The number of esters is 2. The molecule has 1 heterocycles. The minimum atomic E-state index is -1.02. The van der Waals surface area contributed by atoms with Crippen LogP contribution in [0.25, 0.3) is 0 Å². The molecule has 7 heteroatoms. The maximum atomic E-state index is 12.8. The third kappa shape index (κ3) is 5.04. The molecule has 2 N–H and O–H groups in total. The number of Topliss-reactive ketones (excluding diaryl/α,β-unsaturated/α-hetero) is 1. The van der Waals surface area contributed by atoms with Crippen LogP contribution in [-0.4, -0.2) is 42.5 Å². The third-order valence-electron chi connectivity index (χ3n) is 4.72. The molecule has 0 bridgehead atoms. The second-order valence-corrected chi connectivity index (χ2v) is 6.85. The summed E-state index contributed by atoms with van der Waals surface area (Å²) in [7, 11) is 1.28. The number of aromatic nitrogens is 1. The summed E-state index contributed by atoms with van der Waals surface area (Å²) in [4.78, 5) is 40.3. The van der Waals surface area contributed by atoms with Gasteiger partial charge in [-0.1, -0.05) is 25.5 Å². The Hall–Kier alpha value is -3.09. The van der Waals surface area contributed by atoms with Crippen LogP contribution in [0.3, 0.4) is 0 Å². The summed E-state index contributed by atoms with van der Waals surface area (Å²) >= 11 is 0. The Morgan fingerprint density at radius 1 is 1.14 bits per heavy atom. The number of para-hydroxylation sites is 1. The van der Waals surface area contributed by atoms with E-state index in [1.165, 1.54) is 14.0 Å². The Labute approximate surface area is 170 Å². The number of benzene rings is 1. The van der Waals surface area contributed by atoms with Crippen molar-refractivity contribution in [2.24, 2.45) is 0 Å². The van der Waals surface area contributed by atoms with Crippen molar-refractivity contribution in [3.8, 4) is 0 Å². The number of hydrogen-bond acceptors (Lipinski definition) is 6. The van der Waals surface area contributed by atoms with Crippen molar-refractivity contribution in [2.75, 3.05) is 19.0 Å². The predicted molar refractivity (Wildman–Crippen MR) is 111 cm³/mol. The van der Waals surface area contributed by atoms with E-state index in [0.717, 1.165) is 19.4 Å². The Bertz CT molecular complexity index is 901. The summed E-state index contributed by atoms with van der Waals surface area (Å²) in [5, 5.41) is 3.22. The van der Waals surface area contributed by atoms with Crippen LogP contribution in [0.4, 0.5) is 5.69 Å². The van der Waals surface area contributed by atoms with Crippen molar-refractivity contribution >= 4 is 23.4 Å². The molecule has 2 aromatic rings. The molecule has 0 fully saturated rings. The van der Waals surface area contributed by atoms with Crippen LogP contribution in [-0.2, 0) is 9.47 Å². The summed E-state index contributed by atoms with van der Waals surface area (Å²) in [5.74, 6) is -1.52. The molecule has 0 spiro atoms. The minimum absolute atomic E-state index is 0.234. The second kappa shape index (κ2) is 9.91. The lowest BCUT2D eigenvalue weighted by molar-refractivity contribution is 0.0317. The molecule has 1 aromatic carbocycles. The first-order valence-electron chi connectivity index (χ1n) is 9.67. The van der Waals surface area contributed by atoms with E-state index in [1.807, 2.05) is 6.07 Å². The van der Waals surface area contributed by atoms with Crippen LogP contribution in [0.15, 0.2) is 24.3 Å². The van der Waals surface area contributed by atoms with Gasteiger partial charge in [-0.05, 0) is 44.9 Å². The number of unbranched alkanes of at least 4 members (excludes halogenated alkanes) is 1. The highest BCUT2D eigenvalue weighted by Gasteiger charge is 2.28. The van der Waals surface area contributed by atoms with Gasteiger partial charge in [0, 0.05) is 17.9 Å². The monoisotopic (exact) mass is 400 g/mol. The van der Waals surface area contributed by atoms with Gasteiger partial charge >= 0.3 is 11.9 Å². The van der Waals surface area contributed by atoms with Crippen LogP contribution in [0.1, 0.15) is 69.2 Å². The largest absolute Gasteiger partial charge is 0.465 e. The second-order valence-electron chi connectivity index (χ2n) is 6.85. The Kier molecular flexibility index (Phi) is 7.59. The zero-order valence-corrected chi connectivity index (χ0v) is 17.5. The first kappa shape index (κ1) is 22.2. The number of aryl methyl sites for hydroxylation is 1. The summed E-state index contributed by atoms with van der Waals surface area (Å²) in [6.45, 7) is 7.69. The van der Waals surface area contributed by atoms with Crippen molar-refractivity contribution in [1.29, 1.82) is 0 Å². The normalized spacial score (nSPS) is 11.6. The molecule has 0 unspecified atom stereocenters. The fraction of sp³-hybridized carbons (Fsp3) is 0.409. The average Bonchev–Trinajstić information content (AvgIpc) is 3.01. The fourth-order valence-electron chi connectivity index (χ4n) is 3.10. The number of ether oxygens (including phenoxy) is 2. The number of ketones is 1. The van der Waals surface area contributed by atoms with Crippen molar-refractivity contribution in [3.05, 3.63) is 52.3 Å². The first-order valence-corrected chi connectivity index (χ1v) is 9.67. The van der Waals surface area contributed by atoms with E-state index in [0.29, 0.717) is 28.1 Å². The average molecular weight is 400 g/mol. The van der Waals surface area contributed by atoms with E-state index in [1.54, 1.807) is 32.0 Å². The van der Waals surface area contributed by atoms with Crippen LogP contribution in [0, 0.1) is 13.8 Å². The Morgan fingerprint density at radius 3 is 2.48 bits per heavy atom. The molecule has 0 saturated carbocycles. The lowest BCUT2D eigenvalue weighted by atomic mass is 10.1. The summed E-state index contributed by atoms with van der Waals surface area (Å²) in [5.41, 5.74) is 2.60. The molecule has 2 rings (SSSR count). The van der Waals surface area contributed by atoms with Gasteiger partial charge < -0.3 is 19.8 Å². The molecule has 0 amide bonds. The number of aromatic amines is 1. The highest BCUT2D eigenvalue weighted by Crippen LogP contribution is 2.22. The number of anilines is 1. The van der Waals surface area contributed by atoms with Gasteiger partial charge in [0.05, 0.1) is 23.9 Å². The van der Waals surface area contributed by atoms with Crippen molar-refractivity contribution in [2.45, 2.75) is 46.6 Å². The summed E-state index contributed by atoms with van der Waals surface area (Å²) in [6.07, 6.45) is 0.994. The number of H-pyrrole nitrogens is 1. The molecule has 0 radical (unpaired) electrons. The molecule has 1 aromatic heterocycles. The van der Waals surface area contributed by atoms with E-state index < -0.39 is 23.8 Å². The van der Waals surface area contributed by atoms with Crippen molar-refractivity contribution < 1.29 is 23.9 Å². The van der Waals surface area contributed by atoms with Gasteiger partial charge in [-0.3, -0.25) is 4.79 Å². The molecule has 0 aliphatic heterocycles. The van der Waals surface area contributed by atoms with Gasteiger partial charge in [0.2, 0.25) is 5.78 Å². The molecular weight excluding hydrogens is 372 g/mol. The highest BCUT2D eigenvalue weighted by atomic mass is 16.5. The lowest BCUT2D eigenvalue weighted by Gasteiger charge is -2.15. The van der Waals surface area contributed by atoms with E-state index in [-0.39, 0.29) is 5.69 Å².